The maximum Gasteiger partial charge on any atom is 0.272 e. The van der Waals surface area contributed by atoms with Gasteiger partial charge in [-0.2, -0.15) is 5.10 Å². The molecule has 100 valence electrons. The van der Waals surface area contributed by atoms with Crippen LogP contribution in [0.1, 0.15) is 43.1 Å². The van der Waals surface area contributed by atoms with Crippen LogP contribution >= 0.6 is 0 Å². The second-order valence-corrected chi connectivity index (χ2v) is 5.45. The molecule has 0 aromatic carbocycles. The number of aromatic nitrogens is 2. The summed E-state index contributed by atoms with van der Waals surface area (Å²) >= 11 is 0. The van der Waals surface area contributed by atoms with Crippen molar-refractivity contribution in [2.45, 2.75) is 38.1 Å². The highest BCUT2D eigenvalue weighted by Crippen LogP contribution is 2.31. The van der Waals surface area contributed by atoms with Crippen LogP contribution in [0.4, 0.5) is 0 Å². The van der Waals surface area contributed by atoms with Gasteiger partial charge in [0.15, 0.2) is 0 Å². The van der Waals surface area contributed by atoms with Gasteiger partial charge in [-0.1, -0.05) is 6.92 Å². The number of nitrogens with zero attached hydrogens (tertiary/aromatic N) is 2. The van der Waals surface area contributed by atoms with Gasteiger partial charge < -0.3 is 10.4 Å². The summed E-state index contributed by atoms with van der Waals surface area (Å²) in [6.07, 6.45) is 5.50. The summed E-state index contributed by atoms with van der Waals surface area (Å²) in [5, 5.41) is 16.6. The number of carbonyl (C=O) groups excluding carboxylic acids is 1. The predicted octanol–water partition coefficient (Wildman–Crippen LogP) is 1.09. The van der Waals surface area contributed by atoms with Crippen LogP contribution in [0, 0.1) is 5.92 Å². The van der Waals surface area contributed by atoms with E-state index in [0.717, 1.165) is 25.7 Å². The van der Waals surface area contributed by atoms with Crippen molar-refractivity contribution in [3.8, 4) is 0 Å². The van der Waals surface area contributed by atoms with E-state index in [1.165, 1.54) is 0 Å². The summed E-state index contributed by atoms with van der Waals surface area (Å²) in [4.78, 5) is 12.1. The molecule has 0 unspecified atom stereocenters. The molecule has 0 saturated heterocycles. The number of aryl methyl sites for hydroxylation is 1. The van der Waals surface area contributed by atoms with Gasteiger partial charge in [0.1, 0.15) is 5.69 Å². The third-order valence-corrected chi connectivity index (χ3v) is 3.86. The number of rotatable bonds is 3. The molecule has 0 bridgehead atoms. The van der Waals surface area contributed by atoms with E-state index in [1.54, 1.807) is 24.0 Å². The summed E-state index contributed by atoms with van der Waals surface area (Å²) in [6.45, 7) is 2.21. The molecular weight excluding hydrogens is 230 g/mol. The van der Waals surface area contributed by atoms with Gasteiger partial charge in [-0.3, -0.25) is 9.48 Å². The summed E-state index contributed by atoms with van der Waals surface area (Å²) in [5.41, 5.74) is -0.0508. The Hall–Kier alpha value is -1.36. The maximum atomic E-state index is 12.1. The molecule has 1 saturated carbocycles. The van der Waals surface area contributed by atoms with Crippen molar-refractivity contribution in [3.05, 3.63) is 18.0 Å². The smallest absolute Gasteiger partial charge is 0.272 e. The molecule has 0 radical (unpaired) electrons. The summed E-state index contributed by atoms with van der Waals surface area (Å²) in [7, 11) is 1.78. The van der Waals surface area contributed by atoms with Crippen LogP contribution in [0.25, 0.3) is 0 Å². The molecule has 2 N–H and O–H groups in total. The zero-order valence-corrected chi connectivity index (χ0v) is 11.0. The van der Waals surface area contributed by atoms with E-state index in [2.05, 4.69) is 17.3 Å². The lowest BCUT2D eigenvalue weighted by Crippen LogP contribution is -2.53. The Morgan fingerprint density at radius 2 is 2.28 bits per heavy atom. The molecule has 1 amide bonds. The maximum absolute atomic E-state index is 12.1. The Morgan fingerprint density at radius 1 is 1.61 bits per heavy atom. The number of hydrogen-bond donors (Lipinski definition) is 2. The molecule has 18 heavy (non-hydrogen) atoms. The average Bonchev–Trinajstić information content (AvgIpc) is 2.79. The standard InChI is InChI=1S/C13H21N3O2/c1-10-3-6-13(9-17,7-4-10)14-12(18)11-5-8-16(2)15-11/h5,8,10,17H,3-4,6-7,9H2,1-2H3,(H,14,18). The molecule has 5 heteroatoms. The van der Waals surface area contributed by atoms with Crippen LogP contribution in [-0.4, -0.2) is 32.9 Å². The second-order valence-electron chi connectivity index (χ2n) is 5.45. The highest BCUT2D eigenvalue weighted by molar-refractivity contribution is 5.92. The van der Waals surface area contributed by atoms with Crippen LogP contribution in [-0.2, 0) is 7.05 Å². The van der Waals surface area contributed by atoms with Gasteiger partial charge in [-0.15, -0.1) is 0 Å². The van der Waals surface area contributed by atoms with Crippen LogP contribution in [0.2, 0.25) is 0 Å². The molecule has 1 heterocycles. The normalized spacial score (nSPS) is 28.1. The van der Waals surface area contributed by atoms with E-state index in [4.69, 9.17) is 0 Å². The van der Waals surface area contributed by atoms with E-state index in [9.17, 15) is 9.90 Å². The predicted molar refractivity (Wildman–Crippen MR) is 68.1 cm³/mol. The van der Waals surface area contributed by atoms with Crippen LogP contribution < -0.4 is 5.32 Å². The minimum absolute atomic E-state index is 0.00169. The molecule has 1 aliphatic carbocycles. The van der Waals surface area contributed by atoms with E-state index in [1.807, 2.05) is 0 Å². The van der Waals surface area contributed by atoms with Crippen molar-refractivity contribution < 1.29 is 9.90 Å². The third-order valence-electron chi connectivity index (χ3n) is 3.86. The van der Waals surface area contributed by atoms with Crippen LogP contribution in [0.15, 0.2) is 12.3 Å². The Kier molecular flexibility index (Phi) is 3.71. The largest absolute Gasteiger partial charge is 0.394 e. The highest BCUT2D eigenvalue weighted by atomic mass is 16.3. The molecule has 0 atom stereocenters. The van der Waals surface area contributed by atoms with Gasteiger partial charge >= 0.3 is 0 Å². The lowest BCUT2D eigenvalue weighted by atomic mass is 9.77. The second kappa shape index (κ2) is 5.10. The molecular formula is C13H21N3O2. The number of hydrogen-bond acceptors (Lipinski definition) is 3. The minimum Gasteiger partial charge on any atom is -0.394 e. The first kappa shape index (κ1) is 13.1. The van der Waals surface area contributed by atoms with Crippen LogP contribution in [0.3, 0.4) is 0 Å². The van der Waals surface area contributed by atoms with Gasteiger partial charge in [0.05, 0.1) is 12.1 Å². The lowest BCUT2D eigenvalue weighted by Gasteiger charge is -2.38. The summed E-state index contributed by atoms with van der Waals surface area (Å²) in [5.74, 6) is 0.482. The summed E-state index contributed by atoms with van der Waals surface area (Å²) < 4.78 is 1.60. The Balaban J connectivity index is 2.04. The van der Waals surface area contributed by atoms with E-state index >= 15 is 0 Å². The fourth-order valence-electron chi connectivity index (χ4n) is 2.48. The first-order valence-corrected chi connectivity index (χ1v) is 6.48. The first-order chi connectivity index (χ1) is 8.54. The van der Waals surface area contributed by atoms with Gasteiger partial charge in [-0.05, 0) is 37.7 Å². The Morgan fingerprint density at radius 3 is 2.78 bits per heavy atom. The van der Waals surface area contributed by atoms with Crippen molar-refractivity contribution in [2.24, 2.45) is 13.0 Å². The fourth-order valence-corrected chi connectivity index (χ4v) is 2.48. The number of aliphatic hydroxyl groups is 1. The topological polar surface area (TPSA) is 67.2 Å². The van der Waals surface area contributed by atoms with Gasteiger partial charge in [0.2, 0.25) is 0 Å². The van der Waals surface area contributed by atoms with Crippen molar-refractivity contribution in [1.29, 1.82) is 0 Å². The third kappa shape index (κ3) is 2.72. The quantitative estimate of drug-likeness (QED) is 0.845. The monoisotopic (exact) mass is 251 g/mol. The van der Waals surface area contributed by atoms with E-state index < -0.39 is 5.54 Å². The molecule has 1 fully saturated rings. The molecule has 2 rings (SSSR count). The van der Waals surface area contributed by atoms with E-state index in [-0.39, 0.29) is 12.5 Å². The van der Waals surface area contributed by atoms with Gasteiger partial charge in [0, 0.05) is 13.2 Å². The zero-order chi connectivity index (χ0) is 13.2. The van der Waals surface area contributed by atoms with E-state index in [0.29, 0.717) is 11.6 Å². The van der Waals surface area contributed by atoms with Crippen molar-refractivity contribution in [3.63, 3.8) is 0 Å². The van der Waals surface area contributed by atoms with Crippen LogP contribution in [0.5, 0.6) is 0 Å². The number of carbonyl (C=O) groups is 1. The van der Waals surface area contributed by atoms with Crippen molar-refractivity contribution in [2.75, 3.05) is 6.61 Å². The van der Waals surface area contributed by atoms with Gasteiger partial charge in [-0.25, -0.2) is 0 Å². The van der Waals surface area contributed by atoms with Crippen molar-refractivity contribution in [1.82, 2.24) is 15.1 Å². The van der Waals surface area contributed by atoms with Crippen molar-refractivity contribution >= 4 is 5.91 Å². The lowest BCUT2D eigenvalue weighted by molar-refractivity contribution is 0.0712. The first-order valence-electron chi connectivity index (χ1n) is 6.48. The number of nitrogens with one attached hydrogen (secondary N) is 1. The molecule has 0 spiro atoms. The Bertz CT molecular complexity index is 420. The average molecular weight is 251 g/mol. The fraction of sp³-hybridized carbons (Fsp3) is 0.692. The molecule has 1 aliphatic rings. The number of amides is 1. The molecule has 0 aliphatic heterocycles. The molecule has 1 aromatic rings. The zero-order valence-electron chi connectivity index (χ0n) is 11.0. The minimum atomic E-state index is -0.457. The number of aliphatic hydroxyl groups excluding tert-OH is 1. The highest BCUT2D eigenvalue weighted by Gasteiger charge is 2.35. The molecule has 1 aromatic heterocycles. The SMILES string of the molecule is CC1CCC(CO)(NC(=O)c2ccn(C)n2)CC1. The molecule has 5 nitrogen and oxygen atoms in total. The van der Waals surface area contributed by atoms with Gasteiger partial charge in [0.25, 0.3) is 5.91 Å². The Labute approximate surface area is 107 Å². The summed E-state index contributed by atoms with van der Waals surface area (Å²) in [6, 6.07) is 1.69.